The van der Waals surface area contributed by atoms with Gasteiger partial charge in [-0.3, -0.25) is 4.52 Å². The Morgan fingerprint density at radius 1 is 0.944 bits per heavy atom. The fraction of sp³-hybridized carbons (Fsp3) is 0. The third-order valence-electron chi connectivity index (χ3n) is 1.95. The molecule has 0 spiro atoms. The molecule has 0 aliphatic heterocycles. The fourth-order valence-corrected chi connectivity index (χ4v) is 1.40. The molecule has 0 fully saturated rings. The smallest absolute Gasteiger partial charge is 0.0282 e. The number of fused-ring (bicyclic) bond motifs is 3. The summed E-state index contributed by atoms with van der Waals surface area (Å²) in [6.07, 6.45) is 3.68. The number of nitrogens with zero attached hydrogens (tertiary/aromatic N) is 3. The molecule has 76 valence electrons. The van der Waals surface area contributed by atoms with E-state index in [-0.39, 0.29) is 196 Å². The molecule has 0 saturated carbocycles. The molecular weight excluding hydrogens is 684 g/mol. The van der Waals surface area contributed by atoms with Crippen LogP contribution in [0.5, 0.6) is 0 Å². The van der Waals surface area contributed by atoms with E-state index in [9.17, 15) is 0 Å². The minimum Gasteiger partial charge on any atom is -0.401 e. The summed E-state index contributed by atoms with van der Waals surface area (Å²) in [7, 11) is 0. The van der Waals surface area contributed by atoms with Gasteiger partial charge in [0, 0.05) is 213 Å². The first-order chi connectivity index (χ1) is 5.95. The van der Waals surface area contributed by atoms with E-state index in [1.165, 1.54) is 0 Å². The first-order valence-electron chi connectivity index (χ1n) is 3.77. The quantitative estimate of drug-likeness (QED) is 0.248. The van der Waals surface area contributed by atoms with Crippen molar-refractivity contribution in [2.24, 2.45) is 0 Å². The molecule has 0 aliphatic carbocycles. The number of para-hydroxylation sites is 1. The van der Waals surface area contributed by atoms with Crippen LogP contribution in [0.25, 0.3) is 11.0 Å². The average Bonchev–Trinajstić information content (AvgIpc) is 2.62. The Bertz CT molecular complexity index is 548. The van der Waals surface area contributed by atoms with Crippen molar-refractivity contribution in [2.45, 2.75) is 0 Å². The van der Waals surface area contributed by atoms with Gasteiger partial charge in [0.2, 0.25) is 0 Å². The van der Waals surface area contributed by atoms with E-state index in [4.69, 9.17) is 0 Å². The summed E-state index contributed by atoms with van der Waals surface area (Å²) in [5.74, 6) is 0. The zero-order valence-corrected chi connectivity index (χ0v) is 26.8. The Kier molecular flexibility index (Phi) is 26.2. The minimum absolute atomic E-state index is 0. The average molecular weight is 690 g/mol. The van der Waals surface area contributed by atoms with Gasteiger partial charge >= 0.3 is 0 Å². The number of benzene rings is 1. The standard InChI is InChI=1S/C9H6N3.6Y/c1-2-5-9-8(4-1)10-12-7-3-6-11(9)12;;;;;;/h1-2,4-7H;;;;;;/q-1;;;;;;. The van der Waals surface area contributed by atoms with E-state index in [0.717, 1.165) is 11.0 Å². The maximum Gasteiger partial charge on any atom is 0.0282 e. The molecule has 0 aliphatic rings. The Hall–Kier alpha value is 4.85. The van der Waals surface area contributed by atoms with Crippen molar-refractivity contribution in [2.75, 3.05) is 0 Å². The van der Waals surface area contributed by atoms with Gasteiger partial charge in [-0.1, -0.05) is 24.3 Å². The van der Waals surface area contributed by atoms with Crippen LogP contribution in [0.3, 0.4) is 0 Å². The molecule has 3 aromatic rings. The Balaban J connectivity index is -0.000000163. The number of rotatable bonds is 0. The van der Waals surface area contributed by atoms with Gasteiger partial charge in [-0.05, 0) is 0 Å². The molecule has 6 radical (unpaired) electrons. The Labute approximate surface area is 257 Å². The monoisotopic (exact) mass is 689 g/mol. The zero-order chi connectivity index (χ0) is 7.97. The maximum absolute atomic E-state index is 4.32. The summed E-state index contributed by atoms with van der Waals surface area (Å²) in [6, 6.07) is 11.0. The molecule has 3 rings (SSSR count). The van der Waals surface area contributed by atoms with Crippen molar-refractivity contribution in [3.63, 3.8) is 0 Å². The number of hydrogen-bond acceptors (Lipinski definition) is 0. The molecule has 18 heavy (non-hydrogen) atoms. The maximum atomic E-state index is 4.32. The van der Waals surface area contributed by atoms with Gasteiger partial charge in [0.15, 0.2) is 0 Å². The molecule has 0 bridgehead atoms. The van der Waals surface area contributed by atoms with Gasteiger partial charge in [0.1, 0.15) is 0 Å². The van der Waals surface area contributed by atoms with E-state index >= 15 is 0 Å². The van der Waals surface area contributed by atoms with Crippen LogP contribution >= 0.6 is 0 Å². The summed E-state index contributed by atoms with van der Waals surface area (Å²) in [5, 5.41) is 4.32. The molecule has 2 aromatic heterocycles. The van der Waals surface area contributed by atoms with E-state index < -0.39 is 0 Å². The van der Waals surface area contributed by atoms with Crippen LogP contribution in [0.15, 0.2) is 36.7 Å². The SMILES string of the molecule is [Y].[Y].[Y].[Y].[Y].[Y].[c-]1cn2c3ccccc3[n-][n+]2c1. The molecule has 0 atom stereocenters. The van der Waals surface area contributed by atoms with E-state index in [0.29, 0.717) is 0 Å². The summed E-state index contributed by atoms with van der Waals surface area (Å²) in [6.45, 7) is 0. The van der Waals surface area contributed by atoms with Crippen molar-refractivity contribution >= 4 is 11.0 Å². The summed E-state index contributed by atoms with van der Waals surface area (Å²) in [4.78, 5) is 0. The first-order valence-corrected chi connectivity index (χ1v) is 3.77. The molecule has 9 heteroatoms. The summed E-state index contributed by atoms with van der Waals surface area (Å²) >= 11 is 0. The van der Waals surface area contributed by atoms with Crippen molar-refractivity contribution in [3.05, 3.63) is 42.7 Å². The van der Waals surface area contributed by atoms with E-state index in [1.807, 2.05) is 35.0 Å². The predicted octanol–water partition coefficient (Wildman–Crippen LogP) is 0.420. The molecule has 3 nitrogen and oxygen atoms in total. The summed E-state index contributed by atoms with van der Waals surface area (Å²) in [5.41, 5.74) is 2.12. The van der Waals surface area contributed by atoms with Gasteiger partial charge in [-0.15, -0.1) is 0 Å². The van der Waals surface area contributed by atoms with Crippen LogP contribution < -0.4 is 9.73 Å². The number of hydrogen-bond donors (Lipinski definition) is 0. The van der Waals surface area contributed by atoms with Gasteiger partial charge in [-0.25, -0.2) is 0 Å². The largest absolute Gasteiger partial charge is 0.401 e. The van der Waals surface area contributed by atoms with Crippen LogP contribution in [0, 0.1) is 6.07 Å². The Morgan fingerprint density at radius 3 is 2.22 bits per heavy atom. The molecule has 0 N–H and O–H groups in total. The van der Waals surface area contributed by atoms with Crippen LogP contribution in [0.4, 0.5) is 0 Å². The summed E-state index contributed by atoms with van der Waals surface area (Å²) < 4.78 is 3.72. The van der Waals surface area contributed by atoms with Crippen molar-refractivity contribution in [1.82, 2.24) is 9.61 Å². The van der Waals surface area contributed by atoms with Crippen molar-refractivity contribution < 1.29 is 201 Å². The second-order valence-corrected chi connectivity index (χ2v) is 2.68. The van der Waals surface area contributed by atoms with Crippen molar-refractivity contribution in [3.8, 4) is 0 Å². The van der Waals surface area contributed by atoms with Crippen molar-refractivity contribution in [1.29, 1.82) is 0 Å². The minimum atomic E-state index is 0. The second kappa shape index (κ2) is 15.4. The fourth-order valence-electron chi connectivity index (χ4n) is 1.40. The van der Waals surface area contributed by atoms with Gasteiger partial charge < -0.3 is 6.07 Å². The molecule has 0 unspecified atom stereocenters. The van der Waals surface area contributed by atoms with Crippen LogP contribution in [0.1, 0.15) is 0 Å². The van der Waals surface area contributed by atoms with E-state index in [1.54, 1.807) is 10.8 Å². The molecule has 2 heterocycles. The van der Waals surface area contributed by atoms with Crippen LogP contribution in [-0.2, 0) is 196 Å². The zero-order valence-electron chi connectivity index (χ0n) is 9.77. The molecule has 1 aromatic carbocycles. The van der Waals surface area contributed by atoms with Gasteiger partial charge in [0.25, 0.3) is 0 Å². The van der Waals surface area contributed by atoms with E-state index in [2.05, 4.69) is 11.2 Å². The van der Waals surface area contributed by atoms with Gasteiger partial charge in [-0.2, -0.15) is 15.9 Å². The normalized spacial score (nSPS) is 7.56. The predicted molar refractivity (Wildman–Crippen MR) is 42.7 cm³/mol. The van der Waals surface area contributed by atoms with Crippen LogP contribution in [-0.4, -0.2) is 4.52 Å². The second-order valence-electron chi connectivity index (χ2n) is 2.68. The van der Waals surface area contributed by atoms with Gasteiger partial charge in [0.05, 0.1) is 0 Å². The molecule has 0 amide bonds. The van der Waals surface area contributed by atoms with Crippen LogP contribution in [0.2, 0.25) is 0 Å². The Morgan fingerprint density at radius 2 is 1.56 bits per heavy atom. The molecular formula is C9H6N3Y6-. The third kappa shape index (κ3) is 7.17. The molecule has 0 saturated heterocycles. The topological polar surface area (TPSA) is 22.6 Å². The first kappa shape index (κ1) is 30.7. The number of aromatic nitrogens is 3. The third-order valence-corrected chi connectivity index (χ3v) is 1.95.